The van der Waals surface area contributed by atoms with Gasteiger partial charge in [-0.25, -0.2) is 0 Å². The zero-order chi connectivity index (χ0) is 19.9. The van der Waals surface area contributed by atoms with Crippen molar-refractivity contribution in [1.29, 1.82) is 0 Å². The SMILES string of the molecule is Cc1cc(C)cc(-c2nnc(SCC(=O)N[C@@H](C)CCc3ccccc3)o2)c1. The number of carbonyl (C=O) groups excluding carboxylic acids is 1. The van der Waals surface area contributed by atoms with E-state index in [9.17, 15) is 4.79 Å². The minimum absolute atomic E-state index is 0.0308. The minimum Gasteiger partial charge on any atom is -0.411 e. The molecule has 0 saturated heterocycles. The van der Waals surface area contributed by atoms with Gasteiger partial charge in [0.25, 0.3) is 5.22 Å². The Kier molecular flexibility index (Phi) is 6.87. The Bertz CT molecular complexity index is 904. The van der Waals surface area contributed by atoms with Crippen LogP contribution in [0.2, 0.25) is 0 Å². The molecule has 1 atom stereocenters. The first kappa shape index (κ1) is 20.1. The van der Waals surface area contributed by atoms with E-state index >= 15 is 0 Å². The molecular weight excluding hydrogens is 370 g/mol. The van der Waals surface area contributed by atoms with Crippen molar-refractivity contribution in [2.45, 2.75) is 44.9 Å². The lowest BCUT2D eigenvalue weighted by molar-refractivity contribution is -0.119. The molecule has 0 spiro atoms. The Morgan fingerprint density at radius 3 is 2.54 bits per heavy atom. The minimum atomic E-state index is -0.0308. The van der Waals surface area contributed by atoms with E-state index in [1.165, 1.54) is 17.3 Å². The summed E-state index contributed by atoms with van der Waals surface area (Å²) in [6.45, 7) is 6.09. The molecule has 0 aliphatic rings. The van der Waals surface area contributed by atoms with Gasteiger partial charge in [0.05, 0.1) is 5.75 Å². The van der Waals surface area contributed by atoms with Crippen LogP contribution in [-0.4, -0.2) is 27.9 Å². The predicted molar refractivity (Wildman–Crippen MR) is 112 cm³/mol. The fourth-order valence-electron chi connectivity index (χ4n) is 3.03. The van der Waals surface area contributed by atoms with Crippen LogP contribution in [0.4, 0.5) is 0 Å². The Morgan fingerprint density at radius 2 is 1.82 bits per heavy atom. The van der Waals surface area contributed by atoms with Gasteiger partial charge in [-0.05, 0) is 51.3 Å². The summed E-state index contributed by atoms with van der Waals surface area (Å²) < 4.78 is 5.70. The number of rotatable bonds is 8. The Balaban J connectivity index is 1.46. The van der Waals surface area contributed by atoms with Crippen LogP contribution in [0.15, 0.2) is 58.2 Å². The van der Waals surface area contributed by atoms with Gasteiger partial charge in [-0.2, -0.15) is 0 Å². The Hall–Kier alpha value is -2.60. The fourth-order valence-corrected chi connectivity index (χ4v) is 3.60. The summed E-state index contributed by atoms with van der Waals surface area (Å²) in [6, 6.07) is 16.5. The smallest absolute Gasteiger partial charge is 0.277 e. The molecule has 0 unspecified atom stereocenters. The molecule has 0 fully saturated rings. The van der Waals surface area contributed by atoms with Gasteiger partial charge in [-0.15, -0.1) is 10.2 Å². The van der Waals surface area contributed by atoms with Crippen LogP contribution in [0.5, 0.6) is 0 Å². The van der Waals surface area contributed by atoms with Crippen molar-refractivity contribution >= 4 is 17.7 Å². The monoisotopic (exact) mass is 395 g/mol. The average Bonchev–Trinajstić information content (AvgIpc) is 3.14. The summed E-state index contributed by atoms with van der Waals surface area (Å²) in [6.07, 6.45) is 1.84. The van der Waals surface area contributed by atoms with Crippen LogP contribution >= 0.6 is 11.8 Å². The number of amides is 1. The van der Waals surface area contributed by atoms with Crippen LogP contribution in [-0.2, 0) is 11.2 Å². The highest BCUT2D eigenvalue weighted by Crippen LogP contribution is 2.24. The van der Waals surface area contributed by atoms with Gasteiger partial charge < -0.3 is 9.73 Å². The summed E-state index contributed by atoms with van der Waals surface area (Å²) >= 11 is 1.26. The van der Waals surface area contributed by atoms with Crippen molar-refractivity contribution in [3.63, 3.8) is 0 Å². The van der Waals surface area contributed by atoms with E-state index in [0.29, 0.717) is 11.1 Å². The van der Waals surface area contributed by atoms with Gasteiger partial charge in [0.15, 0.2) is 0 Å². The van der Waals surface area contributed by atoms with Crippen molar-refractivity contribution in [1.82, 2.24) is 15.5 Å². The van der Waals surface area contributed by atoms with E-state index in [1.54, 1.807) is 0 Å². The molecule has 3 rings (SSSR count). The number of thioether (sulfide) groups is 1. The van der Waals surface area contributed by atoms with Gasteiger partial charge in [0.1, 0.15) is 0 Å². The first-order valence-corrected chi connectivity index (χ1v) is 10.4. The second kappa shape index (κ2) is 9.55. The molecule has 1 amide bonds. The second-order valence-electron chi connectivity index (χ2n) is 7.03. The molecule has 0 saturated carbocycles. The number of carbonyl (C=O) groups is 1. The number of hydrogen-bond donors (Lipinski definition) is 1. The van der Waals surface area contributed by atoms with Gasteiger partial charge >= 0.3 is 0 Å². The van der Waals surface area contributed by atoms with E-state index in [4.69, 9.17) is 4.42 Å². The molecule has 2 aromatic carbocycles. The first-order valence-electron chi connectivity index (χ1n) is 9.38. The second-order valence-corrected chi connectivity index (χ2v) is 7.96. The van der Waals surface area contributed by atoms with Gasteiger partial charge in [-0.1, -0.05) is 59.3 Å². The molecule has 3 aromatic rings. The molecule has 0 bridgehead atoms. The van der Waals surface area contributed by atoms with E-state index in [0.717, 1.165) is 29.5 Å². The highest BCUT2D eigenvalue weighted by Gasteiger charge is 2.13. The Morgan fingerprint density at radius 1 is 1.11 bits per heavy atom. The summed E-state index contributed by atoms with van der Waals surface area (Å²) in [7, 11) is 0. The molecule has 5 nitrogen and oxygen atoms in total. The van der Waals surface area contributed by atoms with Crippen LogP contribution in [0.1, 0.15) is 30.0 Å². The summed E-state index contributed by atoms with van der Waals surface area (Å²) in [5, 5.41) is 11.6. The highest BCUT2D eigenvalue weighted by molar-refractivity contribution is 7.99. The molecule has 146 valence electrons. The van der Waals surface area contributed by atoms with E-state index in [-0.39, 0.29) is 17.7 Å². The van der Waals surface area contributed by atoms with Crippen molar-refractivity contribution in [2.75, 3.05) is 5.75 Å². The molecule has 1 N–H and O–H groups in total. The van der Waals surface area contributed by atoms with Crippen molar-refractivity contribution in [3.8, 4) is 11.5 Å². The van der Waals surface area contributed by atoms with Gasteiger partial charge in [-0.3, -0.25) is 4.79 Å². The third-order valence-electron chi connectivity index (χ3n) is 4.32. The lowest BCUT2D eigenvalue weighted by Gasteiger charge is -2.13. The van der Waals surface area contributed by atoms with Crippen molar-refractivity contribution in [3.05, 3.63) is 65.2 Å². The third kappa shape index (κ3) is 5.96. The maximum atomic E-state index is 12.2. The molecule has 0 aliphatic heterocycles. The topological polar surface area (TPSA) is 68.0 Å². The fraction of sp³-hybridized carbons (Fsp3) is 0.318. The quantitative estimate of drug-likeness (QED) is 0.565. The molecule has 0 aliphatic carbocycles. The van der Waals surface area contributed by atoms with Crippen molar-refractivity contribution < 1.29 is 9.21 Å². The maximum absolute atomic E-state index is 12.2. The summed E-state index contributed by atoms with van der Waals surface area (Å²) in [5.74, 6) is 0.701. The van der Waals surface area contributed by atoms with Gasteiger partial charge in [0.2, 0.25) is 11.8 Å². The van der Waals surface area contributed by atoms with Crippen LogP contribution in [0.25, 0.3) is 11.5 Å². The van der Waals surface area contributed by atoms with Gasteiger partial charge in [0, 0.05) is 11.6 Å². The Labute approximate surface area is 170 Å². The summed E-state index contributed by atoms with van der Waals surface area (Å²) in [5.41, 5.74) is 4.47. The normalized spacial score (nSPS) is 12.0. The number of hydrogen-bond acceptors (Lipinski definition) is 5. The molecule has 0 radical (unpaired) electrons. The van der Waals surface area contributed by atoms with Crippen LogP contribution in [0.3, 0.4) is 0 Å². The van der Waals surface area contributed by atoms with Crippen LogP contribution < -0.4 is 5.32 Å². The number of aromatic nitrogens is 2. The number of aryl methyl sites for hydroxylation is 3. The third-order valence-corrected chi connectivity index (χ3v) is 5.14. The maximum Gasteiger partial charge on any atom is 0.277 e. The highest BCUT2D eigenvalue weighted by atomic mass is 32.2. The average molecular weight is 396 g/mol. The molecule has 28 heavy (non-hydrogen) atoms. The molecular formula is C22H25N3O2S. The lowest BCUT2D eigenvalue weighted by atomic mass is 10.1. The van der Waals surface area contributed by atoms with E-state index < -0.39 is 0 Å². The predicted octanol–water partition coefficient (Wildman–Crippen LogP) is 4.58. The lowest BCUT2D eigenvalue weighted by Crippen LogP contribution is -2.34. The molecule has 6 heteroatoms. The zero-order valence-corrected chi connectivity index (χ0v) is 17.3. The standard InChI is InChI=1S/C22H25N3O2S/c1-15-11-16(2)13-19(12-15)21-24-25-22(27-21)28-14-20(26)23-17(3)9-10-18-7-5-4-6-8-18/h4-8,11-13,17H,9-10,14H2,1-3H3,(H,23,26)/t17-/m0/s1. The van der Waals surface area contributed by atoms with Crippen LogP contribution in [0, 0.1) is 13.8 Å². The van der Waals surface area contributed by atoms with E-state index in [1.807, 2.05) is 51.1 Å². The summed E-state index contributed by atoms with van der Waals surface area (Å²) in [4.78, 5) is 12.2. The van der Waals surface area contributed by atoms with E-state index in [2.05, 4.69) is 33.7 Å². The van der Waals surface area contributed by atoms with Crippen molar-refractivity contribution in [2.24, 2.45) is 0 Å². The largest absolute Gasteiger partial charge is 0.411 e. The number of nitrogens with zero attached hydrogens (tertiary/aromatic N) is 2. The zero-order valence-electron chi connectivity index (χ0n) is 16.4. The molecule has 1 heterocycles. The number of nitrogens with one attached hydrogen (secondary N) is 1. The number of benzene rings is 2. The first-order chi connectivity index (χ1) is 13.5. The molecule has 1 aromatic heterocycles.